The Bertz CT molecular complexity index is 1050. The van der Waals surface area contributed by atoms with Crippen LogP contribution in [0.3, 0.4) is 0 Å². The van der Waals surface area contributed by atoms with E-state index in [0.717, 1.165) is 5.69 Å². The Labute approximate surface area is 195 Å². The summed E-state index contributed by atoms with van der Waals surface area (Å²) < 4.78 is 27.1. The summed E-state index contributed by atoms with van der Waals surface area (Å²) >= 11 is 0. The van der Waals surface area contributed by atoms with Gasteiger partial charge in [0.25, 0.3) is 0 Å². The number of benzene rings is 2. The molecule has 176 valence electrons. The fourth-order valence-corrected chi connectivity index (χ4v) is 5.95. The molecule has 2 fully saturated rings. The number of para-hydroxylation sites is 1. The molecule has 0 bridgehead atoms. The summed E-state index contributed by atoms with van der Waals surface area (Å²) in [5, 5.41) is 5.80. The number of urea groups is 1. The first-order valence-corrected chi connectivity index (χ1v) is 12.8. The molecule has 9 heteroatoms. The van der Waals surface area contributed by atoms with Gasteiger partial charge in [-0.1, -0.05) is 36.4 Å². The summed E-state index contributed by atoms with van der Waals surface area (Å²) in [6.07, 6.45) is 2.47. The number of hydrogen-bond acceptors (Lipinski definition) is 4. The molecule has 0 aromatic heterocycles. The van der Waals surface area contributed by atoms with Gasteiger partial charge in [0.2, 0.25) is 15.9 Å². The molecule has 2 aromatic rings. The number of carbonyl (C=O) groups is 2. The molecule has 2 aliphatic heterocycles. The van der Waals surface area contributed by atoms with Crippen molar-refractivity contribution in [3.8, 4) is 0 Å². The van der Waals surface area contributed by atoms with Crippen molar-refractivity contribution in [3.05, 3.63) is 60.7 Å². The number of rotatable bonds is 5. The SMILES string of the molecule is O=C(Nc1ccccc1)NC1CCN(C(=O)C2CCN(S(=O)(=O)c3ccccc3)CC2)CC1. The fourth-order valence-electron chi connectivity index (χ4n) is 4.46. The summed E-state index contributed by atoms with van der Waals surface area (Å²) in [4.78, 5) is 27.4. The number of amides is 3. The maximum absolute atomic E-state index is 13.0. The molecule has 2 heterocycles. The fraction of sp³-hybridized carbons (Fsp3) is 0.417. The van der Waals surface area contributed by atoms with Gasteiger partial charge in [0, 0.05) is 43.8 Å². The van der Waals surface area contributed by atoms with E-state index in [0.29, 0.717) is 56.8 Å². The summed E-state index contributed by atoms with van der Waals surface area (Å²) in [6, 6.07) is 17.5. The number of nitrogens with zero attached hydrogens (tertiary/aromatic N) is 2. The Morgan fingerprint density at radius 1 is 0.788 bits per heavy atom. The molecule has 0 spiro atoms. The van der Waals surface area contributed by atoms with Crippen LogP contribution in [0.5, 0.6) is 0 Å². The summed E-state index contributed by atoms with van der Waals surface area (Å²) in [6.45, 7) is 1.89. The highest BCUT2D eigenvalue weighted by atomic mass is 32.2. The van der Waals surface area contributed by atoms with Crippen molar-refractivity contribution < 1.29 is 18.0 Å². The topological polar surface area (TPSA) is 98.8 Å². The van der Waals surface area contributed by atoms with E-state index in [9.17, 15) is 18.0 Å². The molecule has 2 saturated heterocycles. The van der Waals surface area contributed by atoms with Crippen molar-refractivity contribution in [2.45, 2.75) is 36.6 Å². The van der Waals surface area contributed by atoms with Crippen molar-refractivity contribution in [3.63, 3.8) is 0 Å². The van der Waals surface area contributed by atoms with Crippen LogP contribution in [0.15, 0.2) is 65.6 Å². The Morgan fingerprint density at radius 2 is 1.36 bits per heavy atom. The van der Waals surface area contributed by atoms with E-state index in [1.54, 1.807) is 30.3 Å². The molecule has 0 radical (unpaired) electrons. The highest BCUT2D eigenvalue weighted by Gasteiger charge is 2.35. The third-order valence-corrected chi connectivity index (χ3v) is 8.27. The van der Waals surface area contributed by atoms with Crippen LogP contribution in [0.25, 0.3) is 0 Å². The van der Waals surface area contributed by atoms with E-state index in [1.807, 2.05) is 35.2 Å². The third kappa shape index (κ3) is 5.72. The maximum atomic E-state index is 13.0. The maximum Gasteiger partial charge on any atom is 0.319 e. The Kier molecular flexibility index (Phi) is 7.29. The molecular weight excluding hydrogens is 440 g/mol. The first-order valence-electron chi connectivity index (χ1n) is 11.4. The van der Waals surface area contributed by atoms with Gasteiger partial charge in [-0.15, -0.1) is 0 Å². The molecule has 4 rings (SSSR count). The Balaban J connectivity index is 1.22. The number of likely N-dealkylation sites (tertiary alicyclic amines) is 1. The predicted octanol–water partition coefficient (Wildman–Crippen LogP) is 2.90. The normalized spacial score (nSPS) is 18.6. The average molecular weight is 471 g/mol. The minimum absolute atomic E-state index is 0.0237. The van der Waals surface area contributed by atoms with E-state index in [1.165, 1.54) is 4.31 Å². The number of piperidine rings is 2. The van der Waals surface area contributed by atoms with Crippen molar-refractivity contribution in [1.29, 1.82) is 0 Å². The lowest BCUT2D eigenvalue weighted by molar-refractivity contribution is -0.137. The third-order valence-electron chi connectivity index (χ3n) is 6.36. The average Bonchev–Trinajstić information content (AvgIpc) is 2.85. The van der Waals surface area contributed by atoms with Crippen LogP contribution >= 0.6 is 0 Å². The van der Waals surface area contributed by atoms with E-state index < -0.39 is 10.0 Å². The largest absolute Gasteiger partial charge is 0.342 e. The zero-order valence-corrected chi connectivity index (χ0v) is 19.3. The van der Waals surface area contributed by atoms with Crippen molar-refractivity contribution in [2.75, 3.05) is 31.5 Å². The predicted molar refractivity (Wildman–Crippen MR) is 126 cm³/mol. The number of anilines is 1. The zero-order chi connectivity index (χ0) is 23.3. The molecule has 2 N–H and O–H groups in total. The molecule has 0 unspecified atom stereocenters. The van der Waals surface area contributed by atoms with Crippen LogP contribution in [0, 0.1) is 5.92 Å². The monoisotopic (exact) mass is 470 g/mol. The first-order chi connectivity index (χ1) is 15.9. The molecule has 33 heavy (non-hydrogen) atoms. The molecule has 8 nitrogen and oxygen atoms in total. The second-order valence-corrected chi connectivity index (χ2v) is 10.5. The second kappa shape index (κ2) is 10.4. The van der Waals surface area contributed by atoms with Crippen LogP contribution in [-0.4, -0.2) is 61.8 Å². The van der Waals surface area contributed by atoms with Gasteiger partial charge in [-0.05, 0) is 49.9 Å². The van der Waals surface area contributed by atoms with Gasteiger partial charge in [-0.2, -0.15) is 4.31 Å². The second-order valence-electron chi connectivity index (χ2n) is 8.56. The highest BCUT2D eigenvalue weighted by Crippen LogP contribution is 2.26. The number of sulfonamides is 1. The lowest BCUT2D eigenvalue weighted by Gasteiger charge is -2.37. The van der Waals surface area contributed by atoms with Gasteiger partial charge < -0.3 is 15.5 Å². The smallest absolute Gasteiger partial charge is 0.319 e. The Hall–Kier alpha value is -2.91. The zero-order valence-electron chi connectivity index (χ0n) is 18.5. The van der Waals surface area contributed by atoms with Gasteiger partial charge in [-0.25, -0.2) is 13.2 Å². The van der Waals surface area contributed by atoms with Gasteiger partial charge in [0.1, 0.15) is 0 Å². The summed E-state index contributed by atoms with van der Waals surface area (Å²) in [5.41, 5.74) is 0.739. The van der Waals surface area contributed by atoms with E-state index in [-0.39, 0.29) is 23.9 Å². The van der Waals surface area contributed by atoms with Crippen LogP contribution in [-0.2, 0) is 14.8 Å². The molecule has 0 atom stereocenters. The quantitative estimate of drug-likeness (QED) is 0.702. The van der Waals surface area contributed by atoms with E-state index >= 15 is 0 Å². The molecule has 2 aliphatic rings. The minimum atomic E-state index is -3.52. The van der Waals surface area contributed by atoms with Crippen LogP contribution < -0.4 is 10.6 Å². The van der Waals surface area contributed by atoms with Gasteiger partial charge in [-0.3, -0.25) is 4.79 Å². The van der Waals surface area contributed by atoms with Crippen molar-refractivity contribution in [1.82, 2.24) is 14.5 Å². The first kappa shape index (κ1) is 23.3. The molecule has 0 aliphatic carbocycles. The van der Waals surface area contributed by atoms with Crippen molar-refractivity contribution >= 4 is 27.6 Å². The molecule has 0 saturated carbocycles. The Morgan fingerprint density at radius 3 is 1.97 bits per heavy atom. The summed E-state index contributed by atoms with van der Waals surface area (Å²) in [7, 11) is -3.52. The van der Waals surface area contributed by atoms with E-state index in [4.69, 9.17) is 0 Å². The minimum Gasteiger partial charge on any atom is -0.342 e. The van der Waals surface area contributed by atoms with E-state index in [2.05, 4.69) is 10.6 Å². The summed E-state index contributed by atoms with van der Waals surface area (Å²) in [5.74, 6) is -0.0583. The number of hydrogen-bond donors (Lipinski definition) is 2. The molecule has 2 aromatic carbocycles. The van der Waals surface area contributed by atoms with Crippen LogP contribution in [0.2, 0.25) is 0 Å². The van der Waals surface area contributed by atoms with Gasteiger partial charge in [0.05, 0.1) is 4.90 Å². The lowest BCUT2D eigenvalue weighted by atomic mass is 9.95. The molecule has 3 amide bonds. The van der Waals surface area contributed by atoms with Crippen LogP contribution in [0.1, 0.15) is 25.7 Å². The lowest BCUT2D eigenvalue weighted by Crippen LogP contribution is -2.50. The molecular formula is C24H30N4O4S. The van der Waals surface area contributed by atoms with Gasteiger partial charge >= 0.3 is 6.03 Å². The number of nitrogens with one attached hydrogen (secondary N) is 2. The van der Waals surface area contributed by atoms with Crippen molar-refractivity contribution in [2.24, 2.45) is 5.92 Å². The number of carbonyl (C=O) groups excluding carboxylic acids is 2. The van der Waals surface area contributed by atoms with Gasteiger partial charge in [0.15, 0.2) is 0 Å². The van der Waals surface area contributed by atoms with Crippen LogP contribution in [0.4, 0.5) is 10.5 Å². The highest BCUT2D eigenvalue weighted by molar-refractivity contribution is 7.89. The standard InChI is InChI=1S/C24H30N4O4S/c29-23(19-11-17-28(18-12-19)33(31,32)22-9-5-2-6-10-22)27-15-13-21(14-16-27)26-24(30)25-20-7-3-1-4-8-20/h1-10,19,21H,11-18H2,(H2,25,26,30).